The van der Waals surface area contributed by atoms with Crippen LogP contribution in [-0.2, 0) is 9.53 Å². The fraction of sp³-hybridized carbons (Fsp3) is 0.875. The van der Waals surface area contributed by atoms with Crippen LogP contribution in [-0.4, -0.2) is 53.3 Å². The Hall–Kier alpha value is -1.30. The number of aliphatic hydroxyl groups is 1. The van der Waals surface area contributed by atoms with Crippen LogP contribution in [0.25, 0.3) is 0 Å². The first-order valence-corrected chi connectivity index (χ1v) is 8.12. The van der Waals surface area contributed by atoms with E-state index in [9.17, 15) is 14.7 Å². The van der Waals surface area contributed by atoms with Gasteiger partial charge in [-0.1, -0.05) is 27.7 Å². The molecule has 1 aliphatic heterocycles. The fourth-order valence-electron chi connectivity index (χ4n) is 4.07. The highest BCUT2D eigenvalue weighted by molar-refractivity contribution is 5.86. The van der Waals surface area contributed by atoms with Gasteiger partial charge in [0.15, 0.2) is 0 Å². The van der Waals surface area contributed by atoms with Crippen molar-refractivity contribution < 1.29 is 19.4 Å². The molecular weight excluding hydrogens is 284 g/mol. The lowest BCUT2D eigenvalue weighted by Crippen LogP contribution is -2.58. The number of rotatable bonds is 4. The van der Waals surface area contributed by atoms with Crippen molar-refractivity contribution in [3.05, 3.63) is 0 Å². The van der Waals surface area contributed by atoms with E-state index in [1.54, 1.807) is 0 Å². The van der Waals surface area contributed by atoms with Gasteiger partial charge in [0, 0.05) is 18.0 Å². The zero-order valence-electron chi connectivity index (χ0n) is 14.1. The minimum Gasteiger partial charge on any atom is -0.453 e. The average Bonchev–Trinajstić information content (AvgIpc) is 2.99. The molecule has 0 aromatic rings. The Morgan fingerprint density at radius 3 is 2.36 bits per heavy atom. The molecule has 22 heavy (non-hydrogen) atoms. The van der Waals surface area contributed by atoms with E-state index in [1.165, 1.54) is 7.11 Å². The van der Waals surface area contributed by atoms with Gasteiger partial charge in [0.25, 0.3) is 0 Å². The van der Waals surface area contributed by atoms with Gasteiger partial charge in [0.2, 0.25) is 5.91 Å². The summed E-state index contributed by atoms with van der Waals surface area (Å²) in [5.74, 6) is 0.349. The number of fused-ring (bicyclic) bond motifs is 2. The maximum Gasteiger partial charge on any atom is 0.407 e. The number of hydrogen-bond donors (Lipinski definition) is 2. The van der Waals surface area contributed by atoms with E-state index >= 15 is 0 Å². The van der Waals surface area contributed by atoms with E-state index < -0.39 is 12.1 Å². The van der Waals surface area contributed by atoms with Crippen LogP contribution in [0.3, 0.4) is 0 Å². The van der Waals surface area contributed by atoms with Crippen molar-refractivity contribution in [2.75, 3.05) is 7.11 Å². The van der Waals surface area contributed by atoms with E-state index in [2.05, 4.69) is 23.9 Å². The lowest BCUT2D eigenvalue weighted by molar-refractivity contribution is -0.142. The number of carbonyl (C=O) groups excluding carboxylic acids is 2. The van der Waals surface area contributed by atoms with Gasteiger partial charge in [-0.05, 0) is 24.7 Å². The number of nitrogens with zero attached hydrogens (tertiary/aromatic N) is 1. The first-order valence-electron chi connectivity index (χ1n) is 8.12. The quantitative estimate of drug-likeness (QED) is 0.822. The molecule has 1 heterocycles. The third-order valence-electron chi connectivity index (χ3n) is 5.03. The summed E-state index contributed by atoms with van der Waals surface area (Å²) in [6.07, 6.45) is 0.603. The summed E-state index contributed by atoms with van der Waals surface area (Å²) in [6.45, 7) is 7.98. The molecule has 2 bridgehead atoms. The molecule has 126 valence electrons. The topological polar surface area (TPSA) is 78.9 Å². The van der Waals surface area contributed by atoms with Gasteiger partial charge in [-0.15, -0.1) is 0 Å². The smallest absolute Gasteiger partial charge is 0.407 e. The number of piperidine rings is 1. The van der Waals surface area contributed by atoms with Crippen molar-refractivity contribution in [3.63, 3.8) is 0 Å². The van der Waals surface area contributed by atoms with E-state index in [0.717, 1.165) is 6.42 Å². The molecule has 1 saturated heterocycles. The zero-order chi connectivity index (χ0) is 16.6. The minimum atomic E-state index is -0.592. The predicted molar refractivity (Wildman–Crippen MR) is 82.2 cm³/mol. The molecule has 2 amide bonds. The molecule has 2 aliphatic rings. The predicted octanol–water partition coefficient (Wildman–Crippen LogP) is 1.37. The Morgan fingerprint density at radius 2 is 1.86 bits per heavy atom. The number of hydrogen-bond acceptors (Lipinski definition) is 4. The average molecular weight is 312 g/mol. The Labute approximate surface area is 132 Å². The zero-order valence-corrected chi connectivity index (χ0v) is 14.1. The molecule has 0 unspecified atom stereocenters. The molecule has 5 atom stereocenters. The summed E-state index contributed by atoms with van der Waals surface area (Å²) in [5, 5.41) is 12.8. The van der Waals surface area contributed by atoms with Crippen molar-refractivity contribution >= 4 is 12.0 Å². The number of amides is 2. The second-order valence-electron chi connectivity index (χ2n) is 7.19. The molecule has 6 nitrogen and oxygen atoms in total. The maximum absolute atomic E-state index is 13.0. The van der Waals surface area contributed by atoms with E-state index in [0.29, 0.717) is 6.42 Å². The molecular formula is C16H28N2O4. The van der Waals surface area contributed by atoms with E-state index in [-0.39, 0.29) is 41.8 Å². The molecule has 1 aliphatic carbocycles. The summed E-state index contributed by atoms with van der Waals surface area (Å²) in [4.78, 5) is 26.5. The van der Waals surface area contributed by atoms with Crippen molar-refractivity contribution in [1.82, 2.24) is 10.2 Å². The molecule has 2 rings (SSSR count). The summed E-state index contributed by atoms with van der Waals surface area (Å²) in [7, 11) is 1.29. The number of nitrogens with one attached hydrogen (secondary N) is 1. The van der Waals surface area contributed by atoms with Gasteiger partial charge in [0.05, 0.1) is 13.2 Å². The molecule has 2 N–H and O–H groups in total. The van der Waals surface area contributed by atoms with Crippen molar-refractivity contribution in [2.45, 2.75) is 64.8 Å². The summed E-state index contributed by atoms with van der Waals surface area (Å²) in [6, 6.07) is -0.465. The number of likely N-dealkylation sites (tertiary alicyclic amines) is 1. The normalized spacial score (nSPS) is 31.7. The maximum atomic E-state index is 13.0. The van der Waals surface area contributed by atoms with Crippen LogP contribution in [0.1, 0.15) is 40.5 Å². The fourth-order valence-corrected chi connectivity index (χ4v) is 4.07. The Balaban J connectivity index is 2.20. The molecule has 2 fully saturated rings. The lowest BCUT2D eigenvalue weighted by atomic mass is 9.87. The molecule has 0 aromatic heterocycles. The summed E-state index contributed by atoms with van der Waals surface area (Å²) in [5.41, 5.74) is 0. The van der Waals surface area contributed by atoms with Gasteiger partial charge >= 0.3 is 6.09 Å². The van der Waals surface area contributed by atoms with Crippen LogP contribution in [0.4, 0.5) is 4.79 Å². The Morgan fingerprint density at radius 1 is 1.23 bits per heavy atom. The van der Waals surface area contributed by atoms with Crippen LogP contribution >= 0.6 is 0 Å². The number of methoxy groups -OCH3 is 1. The highest BCUT2D eigenvalue weighted by Gasteiger charge is 2.54. The molecule has 1 saturated carbocycles. The number of alkyl carbamates (subject to hydrolysis) is 1. The molecule has 0 spiro atoms. The monoisotopic (exact) mass is 312 g/mol. The molecule has 0 aromatic carbocycles. The first kappa shape index (κ1) is 17.1. The third-order valence-corrected chi connectivity index (χ3v) is 5.03. The second-order valence-corrected chi connectivity index (χ2v) is 7.19. The van der Waals surface area contributed by atoms with Crippen LogP contribution in [0.5, 0.6) is 0 Å². The van der Waals surface area contributed by atoms with Gasteiger partial charge in [-0.25, -0.2) is 4.79 Å². The van der Waals surface area contributed by atoms with Crippen LogP contribution in [0, 0.1) is 17.8 Å². The Kier molecular flexibility index (Phi) is 5.00. The first-order chi connectivity index (χ1) is 10.3. The largest absolute Gasteiger partial charge is 0.453 e. The van der Waals surface area contributed by atoms with Gasteiger partial charge < -0.3 is 20.1 Å². The molecule has 6 heteroatoms. The van der Waals surface area contributed by atoms with E-state index in [1.807, 2.05) is 18.7 Å². The Bertz CT molecular complexity index is 438. The standard InChI is InChI=1S/C16H28N2O4/c1-8(2)13(17-16(21)22-5)15(20)18-10-6-11(12(19)7-10)14(18)9(3)4/h8-14,19H,6-7H2,1-5H3,(H,17,21)/t10-,11-,12+,13+,14-/m1/s1. The summed E-state index contributed by atoms with van der Waals surface area (Å²) >= 11 is 0. The highest BCUT2D eigenvalue weighted by Crippen LogP contribution is 2.45. The highest BCUT2D eigenvalue weighted by atomic mass is 16.5. The van der Waals surface area contributed by atoms with Gasteiger partial charge in [-0.3, -0.25) is 4.79 Å². The number of ether oxygens (including phenoxy) is 1. The van der Waals surface area contributed by atoms with Crippen molar-refractivity contribution in [1.29, 1.82) is 0 Å². The third kappa shape index (κ3) is 2.93. The van der Waals surface area contributed by atoms with Gasteiger partial charge in [0.1, 0.15) is 6.04 Å². The summed E-state index contributed by atoms with van der Waals surface area (Å²) < 4.78 is 4.64. The van der Waals surface area contributed by atoms with Gasteiger partial charge in [-0.2, -0.15) is 0 Å². The number of aliphatic hydroxyl groups excluding tert-OH is 1. The lowest BCUT2D eigenvalue weighted by Gasteiger charge is -2.42. The minimum absolute atomic E-state index is 0.0246. The molecule has 0 radical (unpaired) electrons. The second kappa shape index (κ2) is 6.44. The number of carbonyl (C=O) groups is 2. The van der Waals surface area contributed by atoms with Crippen molar-refractivity contribution in [2.24, 2.45) is 17.8 Å². The van der Waals surface area contributed by atoms with Crippen LogP contribution in [0.15, 0.2) is 0 Å². The SMILES string of the molecule is COC(=O)N[C@H](C(=O)N1[C@@H]2C[C@@H]([C@H]1C(C)C)[C@@H](O)C2)C(C)C. The van der Waals surface area contributed by atoms with Crippen molar-refractivity contribution in [3.8, 4) is 0 Å². The van der Waals surface area contributed by atoms with E-state index in [4.69, 9.17) is 0 Å². The van der Waals surface area contributed by atoms with Crippen LogP contribution in [0.2, 0.25) is 0 Å². The van der Waals surface area contributed by atoms with Crippen LogP contribution < -0.4 is 5.32 Å².